The van der Waals surface area contributed by atoms with Gasteiger partial charge in [0.25, 0.3) is 0 Å². The van der Waals surface area contributed by atoms with Crippen LogP contribution in [-0.2, 0) is 9.59 Å². The average Bonchev–Trinajstić information content (AvgIpc) is 3.21. The molecule has 0 radical (unpaired) electrons. The molecule has 5 nitrogen and oxygen atoms in total. The molecule has 1 amide bonds. The van der Waals surface area contributed by atoms with Crippen LogP contribution >= 0.6 is 27.3 Å². The van der Waals surface area contributed by atoms with Crippen molar-refractivity contribution in [3.05, 3.63) is 55.8 Å². The quantitative estimate of drug-likeness (QED) is 0.725. The van der Waals surface area contributed by atoms with E-state index in [4.69, 9.17) is 9.47 Å². The zero-order chi connectivity index (χ0) is 19.8. The van der Waals surface area contributed by atoms with Gasteiger partial charge in [-0.1, -0.05) is 6.07 Å². The van der Waals surface area contributed by atoms with Crippen molar-refractivity contribution in [3.63, 3.8) is 0 Å². The Morgan fingerprint density at radius 1 is 1.11 bits per heavy atom. The molecule has 146 valence electrons. The Kier molecular flexibility index (Phi) is 5.29. The van der Waals surface area contributed by atoms with Crippen LogP contribution in [0, 0.1) is 0 Å². The number of ketones is 1. The molecule has 7 heteroatoms. The Morgan fingerprint density at radius 3 is 2.57 bits per heavy atom. The number of rotatable bonds is 4. The first kappa shape index (κ1) is 19.2. The SMILES string of the molecule is COc1cc(C2CC(=O)NC3=C2C(=O)CC(c2cccs2)C3)c(OC)cc1Br. The first-order valence-corrected chi connectivity index (χ1v) is 10.7. The summed E-state index contributed by atoms with van der Waals surface area (Å²) in [6, 6.07) is 7.73. The van der Waals surface area contributed by atoms with Crippen LogP contribution in [0.5, 0.6) is 11.5 Å². The maximum atomic E-state index is 13.2. The molecule has 1 aliphatic heterocycles. The predicted molar refractivity (Wildman–Crippen MR) is 111 cm³/mol. The Hall–Kier alpha value is -2.12. The highest BCUT2D eigenvalue weighted by Gasteiger charge is 2.39. The molecule has 2 atom stereocenters. The lowest BCUT2D eigenvalue weighted by Gasteiger charge is -2.34. The molecule has 2 heterocycles. The summed E-state index contributed by atoms with van der Waals surface area (Å²) in [7, 11) is 3.18. The summed E-state index contributed by atoms with van der Waals surface area (Å²) in [6.45, 7) is 0. The van der Waals surface area contributed by atoms with Gasteiger partial charge in [0.2, 0.25) is 5.91 Å². The molecule has 1 aromatic carbocycles. The topological polar surface area (TPSA) is 64.6 Å². The Balaban J connectivity index is 1.79. The molecule has 4 rings (SSSR count). The summed E-state index contributed by atoms with van der Waals surface area (Å²) >= 11 is 5.12. The Bertz CT molecular complexity index is 967. The van der Waals surface area contributed by atoms with Crippen molar-refractivity contribution in [3.8, 4) is 11.5 Å². The Morgan fingerprint density at radius 2 is 1.89 bits per heavy atom. The van der Waals surface area contributed by atoms with E-state index in [0.29, 0.717) is 29.9 Å². The molecule has 2 aliphatic rings. The van der Waals surface area contributed by atoms with Crippen LogP contribution in [-0.4, -0.2) is 25.9 Å². The van der Waals surface area contributed by atoms with Crippen molar-refractivity contribution in [1.29, 1.82) is 0 Å². The van der Waals surface area contributed by atoms with Crippen LogP contribution in [0.1, 0.15) is 41.5 Å². The largest absolute Gasteiger partial charge is 0.496 e. The number of amides is 1. The maximum absolute atomic E-state index is 13.2. The van der Waals surface area contributed by atoms with E-state index in [2.05, 4.69) is 27.3 Å². The molecule has 1 aliphatic carbocycles. The first-order valence-electron chi connectivity index (χ1n) is 9.02. The summed E-state index contributed by atoms with van der Waals surface area (Å²) in [5.74, 6) is 1.07. The fraction of sp³-hybridized carbons (Fsp3) is 0.333. The zero-order valence-electron chi connectivity index (χ0n) is 15.6. The van der Waals surface area contributed by atoms with Crippen molar-refractivity contribution in [2.75, 3.05) is 14.2 Å². The van der Waals surface area contributed by atoms with Crippen LogP contribution in [0.4, 0.5) is 0 Å². The molecule has 1 N–H and O–H groups in total. The van der Waals surface area contributed by atoms with Gasteiger partial charge in [-0.15, -0.1) is 11.3 Å². The standard InChI is InChI=1S/C21H20BrNO4S/c1-26-17-10-14(22)18(27-2)8-12(17)13-9-20(25)23-15-6-11(7-16(24)21(13)15)19-4-3-5-28-19/h3-5,8,10-11,13H,6-7,9H2,1-2H3,(H,23,25). The molecule has 0 bridgehead atoms. The first-order chi connectivity index (χ1) is 13.5. The third-order valence-electron chi connectivity index (χ3n) is 5.36. The number of hydrogen-bond donors (Lipinski definition) is 1. The summed E-state index contributed by atoms with van der Waals surface area (Å²) in [4.78, 5) is 26.8. The van der Waals surface area contributed by atoms with Crippen molar-refractivity contribution in [2.45, 2.75) is 31.1 Å². The number of nitrogens with one attached hydrogen (secondary N) is 1. The molecule has 28 heavy (non-hydrogen) atoms. The lowest BCUT2D eigenvalue weighted by atomic mass is 9.74. The van der Waals surface area contributed by atoms with E-state index in [1.54, 1.807) is 25.6 Å². The molecular weight excluding hydrogens is 442 g/mol. The third-order valence-corrected chi connectivity index (χ3v) is 7.02. The Labute approximate surface area is 175 Å². The number of hydrogen-bond acceptors (Lipinski definition) is 5. The number of halogens is 1. The highest BCUT2D eigenvalue weighted by molar-refractivity contribution is 9.10. The molecule has 2 unspecified atom stereocenters. The number of allylic oxidation sites excluding steroid dienone is 2. The van der Waals surface area contributed by atoms with E-state index >= 15 is 0 Å². The van der Waals surface area contributed by atoms with Gasteiger partial charge in [-0.2, -0.15) is 0 Å². The number of benzene rings is 1. The molecule has 2 aromatic rings. The number of carbonyl (C=O) groups is 2. The molecule has 0 saturated carbocycles. The minimum absolute atomic E-state index is 0.0766. The van der Waals surface area contributed by atoms with Crippen LogP contribution in [0.2, 0.25) is 0 Å². The maximum Gasteiger partial charge on any atom is 0.225 e. The smallest absolute Gasteiger partial charge is 0.225 e. The summed E-state index contributed by atoms with van der Waals surface area (Å²) in [5, 5.41) is 4.98. The molecule has 0 spiro atoms. The van der Waals surface area contributed by atoms with Gasteiger partial charge in [-0.25, -0.2) is 0 Å². The minimum Gasteiger partial charge on any atom is -0.496 e. The highest BCUT2D eigenvalue weighted by Crippen LogP contribution is 2.47. The van der Waals surface area contributed by atoms with Gasteiger partial charge in [0.1, 0.15) is 11.5 Å². The van der Waals surface area contributed by atoms with Gasteiger partial charge in [0.15, 0.2) is 5.78 Å². The van der Waals surface area contributed by atoms with Gasteiger partial charge in [-0.05, 0) is 45.9 Å². The second-order valence-electron chi connectivity index (χ2n) is 6.97. The summed E-state index contributed by atoms with van der Waals surface area (Å²) < 4.78 is 11.8. The second kappa shape index (κ2) is 7.72. The van der Waals surface area contributed by atoms with Crippen molar-refractivity contribution >= 4 is 39.0 Å². The number of carbonyl (C=O) groups excluding carboxylic acids is 2. The van der Waals surface area contributed by atoms with Gasteiger partial charge in [0.05, 0.1) is 18.7 Å². The average molecular weight is 462 g/mol. The van der Waals surface area contributed by atoms with E-state index in [1.165, 1.54) is 4.88 Å². The number of Topliss-reactive ketones (excluding diaryl/α,β-unsaturated/α-hetero) is 1. The number of ether oxygens (including phenoxy) is 2. The van der Waals surface area contributed by atoms with Crippen LogP contribution in [0.3, 0.4) is 0 Å². The van der Waals surface area contributed by atoms with Gasteiger partial charge < -0.3 is 14.8 Å². The van der Waals surface area contributed by atoms with E-state index in [9.17, 15) is 9.59 Å². The van der Waals surface area contributed by atoms with Gasteiger partial charge in [0, 0.05) is 46.4 Å². The summed E-state index contributed by atoms with van der Waals surface area (Å²) in [6.07, 6.45) is 1.34. The van der Waals surface area contributed by atoms with E-state index in [0.717, 1.165) is 15.7 Å². The molecule has 0 fully saturated rings. The van der Waals surface area contributed by atoms with Crippen molar-refractivity contribution < 1.29 is 19.1 Å². The van der Waals surface area contributed by atoms with Crippen LogP contribution < -0.4 is 14.8 Å². The van der Waals surface area contributed by atoms with E-state index < -0.39 is 0 Å². The summed E-state index contributed by atoms with van der Waals surface area (Å²) in [5.41, 5.74) is 2.25. The van der Waals surface area contributed by atoms with Crippen LogP contribution in [0.25, 0.3) is 0 Å². The molecule has 1 aromatic heterocycles. The van der Waals surface area contributed by atoms with Crippen LogP contribution in [0.15, 0.2) is 45.4 Å². The molecular formula is C21H20BrNO4S. The zero-order valence-corrected chi connectivity index (χ0v) is 18.0. The fourth-order valence-electron chi connectivity index (χ4n) is 4.11. The number of methoxy groups -OCH3 is 2. The van der Waals surface area contributed by atoms with Crippen molar-refractivity contribution in [1.82, 2.24) is 5.32 Å². The second-order valence-corrected chi connectivity index (χ2v) is 8.80. The van der Waals surface area contributed by atoms with E-state index in [-0.39, 0.29) is 29.9 Å². The van der Waals surface area contributed by atoms with Crippen molar-refractivity contribution in [2.24, 2.45) is 0 Å². The molecule has 0 saturated heterocycles. The van der Waals surface area contributed by atoms with Gasteiger partial charge >= 0.3 is 0 Å². The predicted octanol–water partition coefficient (Wildman–Crippen LogP) is 4.53. The van der Waals surface area contributed by atoms with E-state index in [1.807, 2.05) is 23.6 Å². The fourth-order valence-corrected chi connectivity index (χ4v) is 5.42. The van der Waals surface area contributed by atoms with Gasteiger partial charge in [-0.3, -0.25) is 9.59 Å². The normalized spacial score (nSPS) is 22.0. The monoisotopic (exact) mass is 461 g/mol. The highest BCUT2D eigenvalue weighted by atomic mass is 79.9. The minimum atomic E-state index is -0.336. The lowest BCUT2D eigenvalue weighted by Crippen LogP contribution is -2.38. The number of thiophene rings is 1. The third kappa shape index (κ3) is 3.37. The lowest BCUT2D eigenvalue weighted by molar-refractivity contribution is -0.122.